The third kappa shape index (κ3) is 2.35. The van der Waals surface area contributed by atoms with Crippen molar-refractivity contribution < 1.29 is 23.9 Å². The number of carbonyl (C=O) groups is 3. The molecule has 2 aliphatic rings. The van der Waals surface area contributed by atoms with Gasteiger partial charge in [0.1, 0.15) is 11.3 Å². The molecule has 0 aliphatic carbocycles. The Balaban J connectivity index is 1.61. The van der Waals surface area contributed by atoms with Gasteiger partial charge in [-0.15, -0.1) is 0 Å². The SMILES string of the molecule is CN1C(=O)NC2(CCN(Cc3ccc(C(=O)O)o3)CC2)C1=O. The summed E-state index contributed by atoms with van der Waals surface area (Å²) >= 11 is 0. The number of carboxylic acids is 1. The van der Waals surface area contributed by atoms with Crippen molar-refractivity contribution in [2.45, 2.75) is 24.9 Å². The van der Waals surface area contributed by atoms with Crippen LogP contribution in [-0.4, -0.2) is 58.5 Å². The van der Waals surface area contributed by atoms with E-state index in [9.17, 15) is 14.4 Å². The summed E-state index contributed by atoms with van der Waals surface area (Å²) in [5.41, 5.74) is -0.780. The summed E-state index contributed by atoms with van der Waals surface area (Å²) < 4.78 is 5.23. The molecule has 0 bridgehead atoms. The second-order valence-corrected chi connectivity index (χ2v) is 5.72. The minimum Gasteiger partial charge on any atom is -0.475 e. The Hall–Kier alpha value is -2.35. The predicted octanol–water partition coefficient (Wildman–Crippen LogP) is 0.494. The Morgan fingerprint density at radius 1 is 1.36 bits per heavy atom. The number of likely N-dealkylation sites (tertiary alicyclic amines) is 1. The zero-order chi connectivity index (χ0) is 15.9. The number of imide groups is 1. The third-order valence-corrected chi connectivity index (χ3v) is 4.33. The first-order chi connectivity index (χ1) is 10.4. The molecule has 3 amide bonds. The summed E-state index contributed by atoms with van der Waals surface area (Å²) in [6.45, 7) is 1.74. The number of piperidine rings is 1. The fraction of sp³-hybridized carbons (Fsp3) is 0.500. The molecule has 2 saturated heterocycles. The fourth-order valence-electron chi connectivity index (χ4n) is 2.99. The van der Waals surface area contributed by atoms with Crippen LogP contribution in [0.3, 0.4) is 0 Å². The van der Waals surface area contributed by atoms with Gasteiger partial charge in [-0.1, -0.05) is 0 Å². The lowest BCUT2D eigenvalue weighted by Gasteiger charge is -2.36. The molecule has 0 aromatic carbocycles. The molecule has 0 unspecified atom stereocenters. The number of hydrogen-bond acceptors (Lipinski definition) is 5. The number of furan rings is 1. The quantitative estimate of drug-likeness (QED) is 0.788. The van der Waals surface area contributed by atoms with E-state index in [0.29, 0.717) is 38.2 Å². The molecule has 1 aromatic heterocycles. The van der Waals surface area contributed by atoms with E-state index >= 15 is 0 Å². The zero-order valence-electron chi connectivity index (χ0n) is 12.2. The maximum absolute atomic E-state index is 12.2. The van der Waals surface area contributed by atoms with Crippen molar-refractivity contribution in [2.75, 3.05) is 20.1 Å². The van der Waals surface area contributed by atoms with Crippen molar-refractivity contribution in [3.63, 3.8) is 0 Å². The fourth-order valence-corrected chi connectivity index (χ4v) is 2.99. The Morgan fingerprint density at radius 2 is 2.05 bits per heavy atom. The maximum atomic E-state index is 12.2. The normalized spacial score (nSPS) is 21.4. The highest BCUT2D eigenvalue weighted by molar-refractivity contribution is 6.06. The second kappa shape index (κ2) is 5.13. The standard InChI is InChI=1S/C14H17N3O5/c1-16-12(20)14(15-13(16)21)4-6-17(7-5-14)8-9-2-3-10(22-9)11(18)19/h2-3H,4-8H2,1H3,(H,15,21)(H,18,19). The van der Waals surface area contributed by atoms with Crippen LogP contribution in [-0.2, 0) is 11.3 Å². The third-order valence-electron chi connectivity index (χ3n) is 4.33. The number of urea groups is 1. The highest BCUT2D eigenvalue weighted by Gasteiger charge is 2.50. The Morgan fingerprint density at radius 3 is 2.55 bits per heavy atom. The van der Waals surface area contributed by atoms with E-state index in [2.05, 4.69) is 10.2 Å². The van der Waals surface area contributed by atoms with Crippen LogP contribution in [0, 0.1) is 0 Å². The van der Waals surface area contributed by atoms with Crippen molar-refractivity contribution >= 4 is 17.9 Å². The Labute approximate surface area is 126 Å². The predicted molar refractivity (Wildman–Crippen MR) is 74.2 cm³/mol. The average molecular weight is 307 g/mol. The number of amides is 3. The summed E-state index contributed by atoms with van der Waals surface area (Å²) in [7, 11) is 1.48. The van der Waals surface area contributed by atoms with Gasteiger partial charge in [-0.05, 0) is 25.0 Å². The summed E-state index contributed by atoms with van der Waals surface area (Å²) in [4.78, 5) is 37.8. The summed E-state index contributed by atoms with van der Waals surface area (Å²) in [5.74, 6) is -0.773. The number of carboxylic acid groups (broad SMARTS) is 1. The van der Waals surface area contributed by atoms with Gasteiger partial charge in [-0.25, -0.2) is 9.59 Å². The van der Waals surface area contributed by atoms with Gasteiger partial charge in [0.15, 0.2) is 0 Å². The first-order valence-corrected chi connectivity index (χ1v) is 7.06. The smallest absolute Gasteiger partial charge is 0.371 e. The molecule has 1 aromatic rings. The lowest BCUT2D eigenvalue weighted by atomic mass is 9.87. The molecule has 1 spiro atoms. The van der Waals surface area contributed by atoms with Crippen molar-refractivity contribution in [3.8, 4) is 0 Å². The number of nitrogens with zero attached hydrogens (tertiary/aromatic N) is 2. The van der Waals surface area contributed by atoms with Gasteiger partial charge in [0.05, 0.1) is 6.54 Å². The first kappa shape index (κ1) is 14.6. The van der Waals surface area contributed by atoms with Crippen molar-refractivity contribution in [1.82, 2.24) is 15.1 Å². The Bertz CT molecular complexity index is 630. The molecule has 2 N–H and O–H groups in total. The van der Waals surface area contributed by atoms with Gasteiger partial charge in [0, 0.05) is 20.1 Å². The molecule has 0 radical (unpaired) electrons. The molecule has 2 fully saturated rings. The van der Waals surface area contributed by atoms with Crippen molar-refractivity contribution in [3.05, 3.63) is 23.7 Å². The van der Waals surface area contributed by atoms with E-state index in [1.165, 1.54) is 13.1 Å². The van der Waals surface area contributed by atoms with E-state index in [-0.39, 0.29) is 17.7 Å². The van der Waals surface area contributed by atoms with Crippen molar-refractivity contribution in [1.29, 1.82) is 0 Å². The summed E-state index contributed by atoms with van der Waals surface area (Å²) in [6, 6.07) is 2.72. The first-order valence-electron chi connectivity index (χ1n) is 7.06. The number of aromatic carboxylic acids is 1. The topological polar surface area (TPSA) is 103 Å². The van der Waals surface area contributed by atoms with Gasteiger partial charge in [0.2, 0.25) is 5.76 Å². The van der Waals surface area contributed by atoms with Crippen LogP contribution in [0.2, 0.25) is 0 Å². The Kier molecular flexibility index (Phi) is 3.40. The van der Waals surface area contributed by atoms with E-state index < -0.39 is 11.5 Å². The van der Waals surface area contributed by atoms with E-state index in [0.717, 1.165) is 4.90 Å². The molecule has 0 saturated carbocycles. The molecule has 8 heteroatoms. The van der Waals surface area contributed by atoms with Crippen molar-refractivity contribution in [2.24, 2.45) is 0 Å². The van der Waals surface area contributed by atoms with Crippen LogP contribution in [0.5, 0.6) is 0 Å². The molecule has 2 aliphatic heterocycles. The lowest BCUT2D eigenvalue weighted by Crippen LogP contribution is -2.54. The highest BCUT2D eigenvalue weighted by Crippen LogP contribution is 2.29. The molecule has 8 nitrogen and oxygen atoms in total. The second-order valence-electron chi connectivity index (χ2n) is 5.72. The number of likely N-dealkylation sites (N-methyl/N-ethyl adjacent to an activating group) is 1. The van der Waals surface area contributed by atoms with E-state index in [1.54, 1.807) is 6.07 Å². The average Bonchev–Trinajstić information content (AvgIpc) is 3.03. The van der Waals surface area contributed by atoms with Crippen LogP contribution in [0.4, 0.5) is 4.79 Å². The maximum Gasteiger partial charge on any atom is 0.371 e. The van der Waals surface area contributed by atoms with E-state index in [1.807, 2.05) is 0 Å². The molecule has 3 heterocycles. The minimum atomic E-state index is -1.09. The molecule has 3 rings (SSSR count). The molecule has 0 atom stereocenters. The lowest BCUT2D eigenvalue weighted by molar-refractivity contribution is -0.132. The van der Waals surface area contributed by atoms with Gasteiger partial charge < -0.3 is 14.8 Å². The number of rotatable bonds is 3. The van der Waals surface area contributed by atoms with Gasteiger partial charge in [-0.2, -0.15) is 0 Å². The van der Waals surface area contributed by atoms with Crippen LogP contribution >= 0.6 is 0 Å². The number of carbonyl (C=O) groups excluding carboxylic acids is 2. The zero-order valence-corrected chi connectivity index (χ0v) is 12.2. The molecule has 22 heavy (non-hydrogen) atoms. The van der Waals surface area contributed by atoms with Gasteiger partial charge >= 0.3 is 12.0 Å². The monoisotopic (exact) mass is 307 g/mol. The summed E-state index contributed by atoms with van der Waals surface area (Å²) in [5, 5.41) is 11.6. The molecular weight excluding hydrogens is 290 g/mol. The van der Waals surface area contributed by atoms with Crippen LogP contribution in [0.1, 0.15) is 29.2 Å². The summed E-state index contributed by atoms with van der Waals surface area (Å²) in [6.07, 6.45) is 1.07. The minimum absolute atomic E-state index is 0.0802. The van der Waals surface area contributed by atoms with Gasteiger partial charge in [-0.3, -0.25) is 14.6 Å². The largest absolute Gasteiger partial charge is 0.475 e. The van der Waals surface area contributed by atoms with E-state index in [4.69, 9.17) is 9.52 Å². The van der Waals surface area contributed by atoms with Gasteiger partial charge in [0.25, 0.3) is 5.91 Å². The number of hydrogen-bond donors (Lipinski definition) is 2. The highest BCUT2D eigenvalue weighted by atomic mass is 16.4. The van der Waals surface area contributed by atoms with Crippen LogP contribution in [0.15, 0.2) is 16.5 Å². The molecular formula is C14H17N3O5. The number of nitrogens with one attached hydrogen (secondary N) is 1. The molecule has 118 valence electrons. The van der Waals surface area contributed by atoms with Crippen LogP contribution < -0.4 is 5.32 Å². The van der Waals surface area contributed by atoms with Crippen LogP contribution in [0.25, 0.3) is 0 Å².